The number of rotatable bonds is 10. The van der Waals surface area contributed by atoms with Gasteiger partial charge in [0, 0.05) is 6.20 Å². The first-order valence-corrected chi connectivity index (χ1v) is 13.2. The van der Waals surface area contributed by atoms with Gasteiger partial charge in [-0.1, -0.05) is 65.2 Å². The lowest BCUT2D eigenvalue weighted by Crippen LogP contribution is -2.43. The Bertz CT molecular complexity index is 485. The van der Waals surface area contributed by atoms with Gasteiger partial charge in [0.05, 0.1) is 6.10 Å². The smallest absolute Gasteiger partial charge is 0.411 e. The molecule has 1 amide bonds. The molecule has 1 N–H and O–H groups in total. The topological polar surface area (TPSA) is 47.6 Å². The number of amides is 1. The quantitative estimate of drug-likeness (QED) is 0.247. The second-order valence-corrected chi connectivity index (χ2v) is 14.4. The number of nitrogens with one attached hydrogen (secondary N) is 1. The van der Waals surface area contributed by atoms with Gasteiger partial charge in [-0.3, -0.25) is 5.32 Å². The maximum absolute atomic E-state index is 11.6. The average Bonchev–Trinajstić information content (AvgIpc) is 2.47. The van der Waals surface area contributed by atoms with E-state index in [1.807, 2.05) is 26.8 Å². The minimum absolute atomic E-state index is 0.171. The molecule has 0 saturated heterocycles. The fourth-order valence-electron chi connectivity index (χ4n) is 2.16. The molecule has 5 heteroatoms. The first-order chi connectivity index (χ1) is 12.3. The molecule has 0 rings (SSSR count). The molecule has 0 aromatic carbocycles. The van der Waals surface area contributed by atoms with E-state index in [-0.39, 0.29) is 11.1 Å². The number of allylic oxidation sites excluding steroid dienone is 2. The van der Waals surface area contributed by atoms with Gasteiger partial charge in [-0.15, -0.1) is 0 Å². The van der Waals surface area contributed by atoms with Gasteiger partial charge in [0.15, 0.2) is 8.32 Å². The summed E-state index contributed by atoms with van der Waals surface area (Å²) in [6.45, 7) is 19.2. The predicted octanol–water partition coefficient (Wildman–Crippen LogP) is 6.94. The van der Waals surface area contributed by atoms with Crippen LogP contribution in [0.3, 0.4) is 0 Å². The lowest BCUT2D eigenvalue weighted by molar-refractivity contribution is 0.0552. The Morgan fingerprint density at radius 2 is 1.70 bits per heavy atom. The summed E-state index contributed by atoms with van der Waals surface area (Å²) in [7, 11) is -1.78. The van der Waals surface area contributed by atoms with Crippen LogP contribution < -0.4 is 5.32 Å². The van der Waals surface area contributed by atoms with Crippen molar-refractivity contribution in [2.75, 3.05) is 0 Å². The van der Waals surface area contributed by atoms with Gasteiger partial charge in [-0.25, -0.2) is 4.79 Å². The van der Waals surface area contributed by atoms with Crippen LogP contribution in [0.25, 0.3) is 0 Å². The number of hydrogen-bond donors (Lipinski definition) is 1. The fourth-order valence-corrected chi connectivity index (χ4v) is 3.46. The van der Waals surface area contributed by atoms with Gasteiger partial charge < -0.3 is 9.16 Å². The minimum atomic E-state index is -1.78. The summed E-state index contributed by atoms with van der Waals surface area (Å²) in [5.74, 6) is 0. The van der Waals surface area contributed by atoms with Crippen molar-refractivity contribution in [1.82, 2.24) is 5.32 Å². The Hall–Kier alpha value is -1.07. The summed E-state index contributed by atoms with van der Waals surface area (Å²) >= 11 is 0. The maximum Gasteiger partial charge on any atom is 0.411 e. The summed E-state index contributed by atoms with van der Waals surface area (Å²) < 4.78 is 11.8. The zero-order chi connectivity index (χ0) is 21.1. The highest BCUT2D eigenvalue weighted by molar-refractivity contribution is 6.74. The summed E-state index contributed by atoms with van der Waals surface area (Å²) in [5.41, 5.74) is -0.482. The highest BCUT2D eigenvalue weighted by Crippen LogP contribution is 2.38. The molecular weight excluding hydrogens is 354 g/mol. The van der Waals surface area contributed by atoms with Gasteiger partial charge in [-0.05, 0) is 51.7 Å². The molecule has 0 aliphatic carbocycles. The van der Waals surface area contributed by atoms with Crippen LogP contribution in [0.5, 0.6) is 0 Å². The lowest BCUT2D eigenvalue weighted by atomic mass is 10.1. The van der Waals surface area contributed by atoms with Crippen LogP contribution in [0, 0.1) is 0 Å². The highest BCUT2D eigenvalue weighted by Gasteiger charge is 2.38. The molecule has 0 aliphatic rings. The maximum atomic E-state index is 11.6. The molecule has 0 radical (unpaired) electrons. The number of unbranched alkanes of at least 4 members (excludes halogenated alkanes) is 2. The Morgan fingerprint density at radius 3 is 2.22 bits per heavy atom. The zero-order valence-electron chi connectivity index (χ0n) is 19.1. The van der Waals surface area contributed by atoms with Crippen LogP contribution in [0.15, 0.2) is 24.4 Å². The third kappa shape index (κ3) is 12.9. The minimum Gasteiger partial charge on any atom is -0.444 e. The zero-order valence-corrected chi connectivity index (χ0v) is 20.1. The summed E-state index contributed by atoms with van der Waals surface area (Å²) in [4.78, 5) is 11.6. The van der Waals surface area contributed by atoms with Gasteiger partial charge in [0.2, 0.25) is 0 Å². The van der Waals surface area contributed by atoms with Crippen molar-refractivity contribution in [3.63, 3.8) is 0 Å². The molecule has 0 saturated carbocycles. The van der Waals surface area contributed by atoms with Crippen molar-refractivity contribution in [3.05, 3.63) is 24.4 Å². The van der Waals surface area contributed by atoms with Crippen molar-refractivity contribution < 1.29 is 14.0 Å². The van der Waals surface area contributed by atoms with Crippen molar-refractivity contribution in [2.45, 2.75) is 110 Å². The molecule has 0 fully saturated rings. The normalized spacial score (nSPS) is 14.7. The number of alkyl carbamates (subject to hydrolysis) is 1. The van der Waals surface area contributed by atoms with E-state index in [4.69, 9.17) is 9.16 Å². The summed E-state index contributed by atoms with van der Waals surface area (Å²) in [5, 5.41) is 2.84. The Labute approximate surface area is 168 Å². The molecule has 0 aliphatic heterocycles. The van der Waals surface area contributed by atoms with Crippen LogP contribution >= 0.6 is 0 Å². The van der Waals surface area contributed by atoms with Crippen molar-refractivity contribution >= 4 is 14.4 Å². The van der Waals surface area contributed by atoms with Crippen LogP contribution in [-0.4, -0.2) is 26.1 Å². The number of hydrogen-bond acceptors (Lipinski definition) is 3. The summed E-state index contributed by atoms with van der Waals surface area (Å²) in [6, 6.07) is 0. The van der Waals surface area contributed by atoms with Gasteiger partial charge in [-0.2, -0.15) is 0 Å². The molecule has 1 atom stereocenters. The molecule has 0 spiro atoms. The highest BCUT2D eigenvalue weighted by atomic mass is 28.4. The Morgan fingerprint density at radius 1 is 1.07 bits per heavy atom. The molecule has 0 aromatic heterocycles. The van der Waals surface area contributed by atoms with Crippen molar-refractivity contribution in [3.8, 4) is 0 Å². The van der Waals surface area contributed by atoms with Crippen LogP contribution in [-0.2, 0) is 9.16 Å². The molecule has 0 heterocycles. The number of ether oxygens (including phenoxy) is 1. The largest absolute Gasteiger partial charge is 0.444 e. The molecule has 4 nitrogen and oxygen atoms in total. The van der Waals surface area contributed by atoms with Gasteiger partial charge in [0.25, 0.3) is 0 Å². The molecular formula is C22H43NO3Si. The van der Waals surface area contributed by atoms with Crippen LogP contribution in [0.2, 0.25) is 18.1 Å². The van der Waals surface area contributed by atoms with E-state index in [0.29, 0.717) is 0 Å². The van der Waals surface area contributed by atoms with Crippen molar-refractivity contribution in [2.24, 2.45) is 0 Å². The van der Waals surface area contributed by atoms with Crippen LogP contribution in [0.4, 0.5) is 4.79 Å². The second kappa shape index (κ2) is 11.7. The van der Waals surface area contributed by atoms with E-state index in [9.17, 15) is 4.79 Å². The lowest BCUT2D eigenvalue weighted by Gasteiger charge is -2.38. The van der Waals surface area contributed by atoms with Gasteiger partial charge >= 0.3 is 6.09 Å². The van der Waals surface area contributed by atoms with E-state index >= 15 is 0 Å². The van der Waals surface area contributed by atoms with Crippen LogP contribution in [0.1, 0.15) is 80.6 Å². The monoisotopic (exact) mass is 397 g/mol. The van der Waals surface area contributed by atoms with E-state index in [1.54, 1.807) is 6.20 Å². The summed E-state index contributed by atoms with van der Waals surface area (Å²) in [6.07, 6.45) is 13.1. The second-order valence-electron chi connectivity index (χ2n) is 9.62. The Kier molecular flexibility index (Phi) is 11.2. The third-order valence-corrected chi connectivity index (χ3v) is 9.19. The first kappa shape index (κ1) is 25.9. The van der Waals surface area contributed by atoms with E-state index in [0.717, 1.165) is 12.8 Å². The molecule has 1 unspecified atom stereocenters. The van der Waals surface area contributed by atoms with E-state index in [1.165, 1.54) is 19.3 Å². The Balaban J connectivity index is 4.60. The first-order valence-electron chi connectivity index (χ1n) is 10.3. The molecule has 0 bridgehead atoms. The van der Waals surface area contributed by atoms with Gasteiger partial charge in [0.1, 0.15) is 5.60 Å². The predicted molar refractivity (Wildman–Crippen MR) is 118 cm³/mol. The molecule has 158 valence electrons. The average molecular weight is 398 g/mol. The SMILES string of the molecule is CCCCCC(/C=C/C/C=C/NC(=O)OC(C)(C)C)O[Si](C)(C)C(C)(C)C. The standard InChI is InChI=1S/C22H43NO3Si/c1-10-11-13-16-19(26-27(8,9)22(5,6)7)17-14-12-15-18-23-20(24)25-21(2,3)4/h14-15,17-19H,10-13,16H2,1-9H3,(H,23,24)/b17-14+,18-15+. The van der Waals surface area contributed by atoms with Crippen molar-refractivity contribution in [1.29, 1.82) is 0 Å². The molecule has 27 heavy (non-hydrogen) atoms. The van der Waals surface area contributed by atoms with E-state index < -0.39 is 20.0 Å². The van der Waals surface area contributed by atoms with E-state index in [2.05, 4.69) is 58.3 Å². The number of carbonyl (C=O) groups excluding carboxylic acids is 1. The fraction of sp³-hybridized carbons (Fsp3) is 0.773. The molecule has 0 aromatic rings. The number of carbonyl (C=O) groups is 1. The third-order valence-electron chi connectivity index (χ3n) is 4.69.